The molecule has 0 saturated carbocycles. The van der Waals surface area contributed by atoms with Crippen molar-refractivity contribution in [1.29, 1.82) is 0 Å². The third kappa shape index (κ3) is 2.39. The maximum absolute atomic E-state index is 5.47. The molecule has 0 amide bonds. The lowest BCUT2D eigenvalue weighted by atomic mass is 10.1. The smallest absolute Gasteiger partial charge is 0.137 e. The minimum Gasteiger partial charge on any atom is -0.495 e. The number of anilines is 1. The van der Waals surface area contributed by atoms with E-state index >= 15 is 0 Å². The first-order valence-electron chi connectivity index (χ1n) is 5.18. The summed E-state index contributed by atoms with van der Waals surface area (Å²) in [5, 5.41) is 3.35. The number of nitrogens with zero attached hydrogens (tertiary/aromatic N) is 1. The Morgan fingerprint density at radius 1 is 1.53 bits per heavy atom. The van der Waals surface area contributed by atoms with Gasteiger partial charge in [0.15, 0.2) is 0 Å². The van der Waals surface area contributed by atoms with Gasteiger partial charge in [0.05, 0.1) is 25.5 Å². The van der Waals surface area contributed by atoms with Gasteiger partial charge in [0.2, 0.25) is 0 Å². The van der Waals surface area contributed by atoms with Gasteiger partial charge in [-0.1, -0.05) is 0 Å². The normalized spacial score (nSPS) is 25.2. The van der Waals surface area contributed by atoms with Crippen molar-refractivity contribution in [2.75, 3.05) is 19.0 Å². The molecule has 15 heavy (non-hydrogen) atoms. The van der Waals surface area contributed by atoms with Gasteiger partial charge in [-0.25, -0.2) is 4.98 Å². The van der Waals surface area contributed by atoms with Gasteiger partial charge < -0.3 is 14.8 Å². The monoisotopic (exact) mass is 208 g/mol. The minimum atomic E-state index is 0.258. The Labute approximate surface area is 89.6 Å². The van der Waals surface area contributed by atoms with Crippen molar-refractivity contribution in [2.24, 2.45) is 0 Å². The summed E-state index contributed by atoms with van der Waals surface area (Å²) >= 11 is 0. The molecule has 1 aliphatic heterocycles. The van der Waals surface area contributed by atoms with Gasteiger partial charge in [0.1, 0.15) is 11.6 Å². The molecular weight excluding hydrogens is 192 g/mol. The van der Waals surface area contributed by atoms with Crippen molar-refractivity contribution in [1.82, 2.24) is 4.98 Å². The lowest BCUT2D eigenvalue weighted by Gasteiger charge is -2.16. The molecule has 2 unspecified atom stereocenters. The van der Waals surface area contributed by atoms with Crippen molar-refractivity contribution in [3.8, 4) is 5.75 Å². The molecule has 0 bridgehead atoms. The first-order valence-corrected chi connectivity index (χ1v) is 5.18. The van der Waals surface area contributed by atoms with Crippen molar-refractivity contribution < 1.29 is 9.47 Å². The summed E-state index contributed by atoms with van der Waals surface area (Å²) in [6.45, 7) is 2.91. The first-order chi connectivity index (χ1) is 7.29. The fourth-order valence-electron chi connectivity index (χ4n) is 1.70. The summed E-state index contributed by atoms with van der Waals surface area (Å²) < 4.78 is 10.5. The van der Waals surface area contributed by atoms with Crippen LogP contribution in [-0.2, 0) is 4.74 Å². The Kier molecular flexibility index (Phi) is 3.06. The van der Waals surface area contributed by atoms with Crippen molar-refractivity contribution in [3.63, 3.8) is 0 Å². The Bertz CT molecular complexity index is 313. The van der Waals surface area contributed by atoms with Crippen LogP contribution in [0.25, 0.3) is 0 Å². The molecule has 1 fully saturated rings. The molecule has 1 saturated heterocycles. The second-order valence-corrected chi connectivity index (χ2v) is 3.70. The first kappa shape index (κ1) is 10.2. The zero-order valence-corrected chi connectivity index (χ0v) is 9.06. The molecule has 4 heteroatoms. The van der Waals surface area contributed by atoms with Crippen molar-refractivity contribution in [2.45, 2.75) is 25.5 Å². The number of aromatic nitrogens is 1. The molecule has 2 atom stereocenters. The molecule has 0 aliphatic carbocycles. The highest BCUT2D eigenvalue weighted by Gasteiger charge is 2.23. The van der Waals surface area contributed by atoms with E-state index in [-0.39, 0.29) is 6.10 Å². The summed E-state index contributed by atoms with van der Waals surface area (Å²) in [7, 11) is 1.64. The number of ether oxygens (including phenoxy) is 2. The van der Waals surface area contributed by atoms with Gasteiger partial charge in [-0.15, -0.1) is 0 Å². The highest BCUT2D eigenvalue weighted by Crippen LogP contribution is 2.18. The number of pyridine rings is 1. The highest BCUT2D eigenvalue weighted by molar-refractivity contribution is 5.38. The standard InChI is InChI=1S/C11H16N2O2/c1-8-10(5-6-15-8)13-11-4-3-9(14-2)7-12-11/h3-4,7-8,10H,5-6H2,1-2H3,(H,12,13). The second kappa shape index (κ2) is 4.49. The molecule has 2 rings (SSSR count). The average Bonchev–Trinajstić information content (AvgIpc) is 2.66. The van der Waals surface area contributed by atoms with Crippen LogP contribution in [0.15, 0.2) is 18.3 Å². The quantitative estimate of drug-likeness (QED) is 0.820. The van der Waals surface area contributed by atoms with E-state index in [0.29, 0.717) is 6.04 Å². The van der Waals surface area contributed by atoms with E-state index in [4.69, 9.17) is 9.47 Å². The van der Waals surface area contributed by atoms with E-state index in [1.54, 1.807) is 13.3 Å². The molecule has 1 N–H and O–H groups in total. The molecule has 0 spiro atoms. The Morgan fingerprint density at radius 3 is 2.93 bits per heavy atom. The highest BCUT2D eigenvalue weighted by atomic mass is 16.5. The van der Waals surface area contributed by atoms with Crippen LogP contribution in [0, 0.1) is 0 Å². The van der Waals surface area contributed by atoms with Gasteiger partial charge in [-0.3, -0.25) is 0 Å². The molecular formula is C11H16N2O2. The van der Waals surface area contributed by atoms with E-state index in [1.165, 1.54) is 0 Å². The predicted octanol–water partition coefficient (Wildman–Crippen LogP) is 1.68. The Balaban J connectivity index is 1.98. The van der Waals surface area contributed by atoms with Crippen LogP contribution < -0.4 is 10.1 Å². The number of rotatable bonds is 3. The molecule has 2 heterocycles. The summed E-state index contributed by atoms with van der Waals surface area (Å²) in [6, 6.07) is 4.19. The molecule has 82 valence electrons. The summed E-state index contributed by atoms with van der Waals surface area (Å²) in [5.74, 6) is 1.65. The van der Waals surface area contributed by atoms with E-state index in [9.17, 15) is 0 Å². The molecule has 0 radical (unpaired) electrons. The van der Waals surface area contributed by atoms with Crippen LogP contribution >= 0.6 is 0 Å². The van der Waals surface area contributed by atoms with Crippen molar-refractivity contribution >= 4 is 5.82 Å². The average molecular weight is 208 g/mol. The minimum absolute atomic E-state index is 0.258. The lowest BCUT2D eigenvalue weighted by molar-refractivity contribution is 0.121. The molecule has 4 nitrogen and oxygen atoms in total. The van der Waals surface area contributed by atoms with Crippen LogP contribution in [0.1, 0.15) is 13.3 Å². The fraction of sp³-hybridized carbons (Fsp3) is 0.545. The largest absolute Gasteiger partial charge is 0.495 e. The summed E-state index contributed by atoms with van der Waals surface area (Å²) in [6.07, 6.45) is 3.01. The van der Waals surface area contributed by atoms with E-state index < -0.39 is 0 Å². The topological polar surface area (TPSA) is 43.4 Å². The van der Waals surface area contributed by atoms with E-state index in [1.807, 2.05) is 12.1 Å². The van der Waals surface area contributed by atoms with Crippen LogP contribution in [0.4, 0.5) is 5.82 Å². The summed E-state index contributed by atoms with van der Waals surface area (Å²) in [5.41, 5.74) is 0. The van der Waals surface area contributed by atoms with E-state index in [0.717, 1.165) is 24.6 Å². The van der Waals surface area contributed by atoms with Crippen molar-refractivity contribution in [3.05, 3.63) is 18.3 Å². The SMILES string of the molecule is COc1ccc(NC2CCOC2C)nc1. The molecule has 1 aliphatic rings. The molecule has 1 aromatic rings. The third-order valence-corrected chi connectivity index (χ3v) is 2.68. The number of hydrogen-bond donors (Lipinski definition) is 1. The van der Waals surface area contributed by atoms with Gasteiger partial charge in [0, 0.05) is 6.61 Å². The fourth-order valence-corrected chi connectivity index (χ4v) is 1.70. The summed E-state index contributed by atoms with van der Waals surface area (Å²) in [4.78, 5) is 4.26. The predicted molar refractivity (Wildman–Crippen MR) is 58.2 cm³/mol. The molecule has 1 aromatic heterocycles. The number of methoxy groups -OCH3 is 1. The second-order valence-electron chi connectivity index (χ2n) is 3.70. The van der Waals surface area contributed by atoms with Gasteiger partial charge in [-0.2, -0.15) is 0 Å². The maximum Gasteiger partial charge on any atom is 0.137 e. The van der Waals surface area contributed by atoms with Crippen LogP contribution in [0.3, 0.4) is 0 Å². The van der Waals surface area contributed by atoms with Crippen LogP contribution in [-0.4, -0.2) is 30.8 Å². The Hall–Kier alpha value is -1.29. The number of nitrogens with one attached hydrogen (secondary N) is 1. The Morgan fingerprint density at radius 2 is 2.40 bits per heavy atom. The zero-order valence-electron chi connectivity index (χ0n) is 9.06. The maximum atomic E-state index is 5.47. The zero-order chi connectivity index (χ0) is 10.7. The van der Waals surface area contributed by atoms with Gasteiger partial charge in [-0.05, 0) is 25.5 Å². The van der Waals surface area contributed by atoms with Crippen LogP contribution in [0.5, 0.6) is 5.75 Å². The van der Waals surface area contributed by atoms with Gasteiger partial charge in [0.25, 0.3) is 0 Å². The third-order valence-electron chi connectivity index (χ3n) is 2.68. The van der Waals surface area contributed by atoms with Gasteiger partial charge >= 0.3 is 0 Å². The number of hydrogen-bond acceptors (Lipinski definition) is 4. The lowest BCUT2D eigenvalue weighted by Crippen LogP contribution is -2.26. The van der Waals surface area contributed by atoms with E-state index in [2.05, 4.69) is 17.2 Å². The van der Waals surface area contributed by atoms with Crippen LogP contribution in [0.2, 0.25) is 0 Å². The molecule has 0 aromatic carbocycles.